The zero-order valence-corrected chi connectivity index (χ0v) is 8.25. The van der Waals surface area contributed by atoms with E-state index in [0.717, 1.165) is 12.8 Å². The molecule has 1 unspecified atom stereocenters. The number of hydrogen-bond acceptors (Lipinski definition) is 2. The Morgan fingerprint density at radius 3 is 2.54 bits per heavy atom. The van der Waals surface area contributed by atoms with Crippen LogP contribution in [0, 0.1) is 23.2 Å². The molecule has 0 aromatic heterocycles. The molecule has 1 aliphatic carbocycles. The predicted octanol–water partition coefficient (Wildman–Crippen LogP) is 2.69. The molecule has 0 N–H and O–H groups in total. The molecule has 1 atom stereocenters. The van der Waals surface area contributed by atoms with E-state index in [2.05, 4.69) is 6.07 Å². The Labute approximate surface area is 79.9 Å². The third-order valence-electron chi connectivity index (χ3n) is 2.96. The monoisotopic (exact) mass is 179 g/mol. The molecule has 2 nitrogen and oxygen atoms in total. The summed E-state index contributed by atoms with van der Waals surface area (Å²) < 4.78 is 0. The van der Waals surface area contributed by atoms with E-state index in [1.54, 1.807) is 0 Å². The maximum Gasteiger partial charge on any atom is 0.150 e. The van der Waals surface area contributed by atoms with Crippen LogP contribution in [0.15, 0.2) is 0 Å². The standard InChI is InChI=1S/C11H17NO/c1-2-11(13)10(8-12)9-6-4-3-5-7-9/h9-10H,2-7H2,1H3. The maximum atomic E-state index is 11.4. The minimum absolute atomic E-state index is 0.134. The molecule has 1 rings (SSSR count). The fraction of sp³-hybridized carbons (Fsp3) is 0.818. The van der Waals surface area contributed by atoms with Crippen LogP contribution < -0.4 is 0 Å². The van der Waals surface area contributed by atoms with Crippen molar-refractivity contribution in [3.8, 4) is 6.07 Å². The number of nitrogens with zero attached hydrogens (tertiary/aromatic N) is 1. The second kappa shape index (κ2) is 5.01. The molecule has 0 bridgehead atoms. The van der Waals surface area contributed by atoms with Gasteiger partial charge < -0.3 is 0 Å². The lowest BCUT2D eigenvalue weighted by Crippen LogP contribution is -2.23. The number of ketones is 1. The fourth-order valence-electron chi connectivity index (χ4n) is 2.13. The van der Waals surface area contributed by atoms with E-state index in [0.29, 0.717) is 12.3 Å². The Bertz CT molecular complexity index is 211. The average Bonchev–Trinajstić information content (AvgIpc) is 2.20. The Morgan fingerprint density at radius 1 is 1.46 bits per heavy atom. The smallest absolute Gasteiger partial charge is 0.150 e. The van der Waals surface area contributed by atoms with Crippen molar-refractivity contribution in [3.05, 3.63) is 0 Å². The normalized spacial score (nSPS) is 20.6. The number of nitriles is 1. The highest BCUT2D eigenvalue weighted by molar-refractivity contribution is 5.83. The molecule has 0 saturated heterocycles. The number of carbonyl (C=O) groups excluding carboxylic acids is 1. The van der Waals surface area contributed by atoms with Gasteiger partial charge in [-0.25, -0.2) is 0 Å². The topological polar surface area (TPSA) is 40.9 Å². The first-order valence-corrected chi connectivity index (χ1v) is 5.22. The first-order valence-electron chi connectivity index (χ1n) is 5.22. The number of rotatable bonds is 3. The van der Waals surface area contributed by atoms with Gasteiger partial charge in [-0.15, -0.1) is 0 Å². The number of Topliss-reactive ketones (excluding diaryl/α,β-unsaturated/α-hetero) is 1. The third-order valence-corrected chi connectivity index (χ3v) is 2.96. The molecule has 0 heterocycles. The van der Waals surface area contributed by atoms with E-state index in [9.17, 15) is 4.79 Å². The maximum absolute atomic E-state index is 11.4. The van der Waals surface area contributed by atoms with Crippen molar-refractivity contribution in [3.63, 3.8) is 0 Å². The summed E-state index contributed by atoms with van der Waals surface area (Å²) >= 11 is 0. The van der Waals surface area contributed by atoms with Crippen molar-refractivity contribution in [1.82, 2.24) is 0 Å². The first kappa shape index (κ1) is 10.2. The molecule has 0 aromatic carbocycles. The van der Waals surface area contributed by atoms with Crippen LogP contribution in [0.5, 0.6) is 0 Å². The highest BCUT2D eigenvalue weighted by Crippen LogP contribution is 2.30. The van der Waals surface area contributed by atoms with Crippen LogP contribution in [0.3, 0.4) is 0 Å². The van der Waals surface area contributed by atoms with E-state index in [4.69, 9.17) is 5.26 Å². The molecule has 2 heteroatoms. The van der Waals surface area contributed by atoms with Gasteiger partial charge in [-0.2, -0.15) is 5.26 Å². The van der Waals surface area contributed by atoms with E-state index in [-0.39, 0.29) is 11.7 Å². The zero-order valence-electron chi connectivity index (χ0n) is 8.25. The summed E-state index contributed by atoms with van der Waals surface area (Å²) in [4.78, 5) is 11.4. The van der Waals surface area contributed by atoms with Gasteiger partial charge in [0.05, 0.1) is 6.07 Å². The zero-order chi connectivity index (χ0) is 9.68. The molecule has 0 aromatic rings. The van der Waals surface area contributed by atoms with Crippen LogP contribution in [0.25, 0.3) is 0 Å². The molecule has 1 aliphatic rings. The van der Waals surface area contributed by atoms with Crippen LogP contribution in [-0.2, 0) is 4.79 Å². The van der Waals surface area contributed by atoms with E-state index >= 15 is 0 Å². The summed E-state index contributed by atoms with van der Waals surface area (Å²) in [5.74, 6) is 0.172. The Kier molecular flexibility index (Phi) is 3.95. The second-order valence-corrected chi connectivity index (χ2v) is 3.82. The first-order chi connectivity index (χ1) is 6.29. The molecule has 0 spiro atoms. The predicted molar refractivity (Wildman–Crippen MR) is 51.0 cm³/mol. The summed E-state index contributed by atoms with van der Waals surface area (Å²) in [7, 11) is 0. The molecule has 0 amide bonds. The lowest BCUT2D eigenvalue weighted by molar-refractivity contribution is -0.122. The van der Waals surface area contributed by atoms with Crippen LogP contribution in [0.1, 0.15) is 45.4 Å². The van der Waals surface area contributed by atoms with E-state index < -0.39 is 0 Å². The van der Waals surface area contributed by atoms with E-state index in [1.165, 1.54) is 19.3 Å². The van der Waals surface area contributed by atoms with E-state index in [1.807, 2.05) is 6.92 Å². The lowest BCUT2D eigenvalue weighted by Gasteiger charge is -2.24. The van der Waals surface area contributed by atoms with Crippen molar-refractivity contribution >= 4 is 5.78 Å². The van der Waals surface area contributed by atoms with Crippen LogP contribution in [0.4, 0.5) is 0 Å². The average molecular weight is 179 g/mol. The van der Waals surface area contributed by atoms with Crippen molar-refractivity contribution in [1.29, 1.82) is 5.26 Å². The fourth-order valence-corrected chi connectivity index (χ4v) is 2.13. The molecule has 1 saturated carbocycles. The second-order valence-electron chi connectivity index (χ2n) is 3.82. The third kappa shape index (κ3) is 2.55. The molecule has 72 valence electrons. The molecule has 0 aliphatic heterocycles. The summed E-state index contributed by atoms with van der Waals surface area (Å²) in [6.45, 7) is 1.84. The van der Waals surface area contributed by atoms with Crippen LogP contribution in [0.2, 0.25) is 0 Å². The molecule has 1 fully saturated rings. The van der Waals surface area contributed by atoms with Crippen LogP contribution in [-0.4, -0.2) is 5.78 Å². The molecule has 0 radical (unpaired) electrons. The summed E-state index contributed by atoms with van der Waals surface area (Å²) in [5.41, 5.74) is 0. The Hall–Kier alpha value is -0.840. The highest BCUT2D eigenvalue weighted by atomic mass is 16.1. The number of carbonyl (C=O) groups is 1. The van der Waals surface area contributed by atoms with Gasteiger partial charge in [-0.3, -0.25) is 4.79 Å². The van der Waals surface area contributed by atoms with Crippen LogP contribution >= 0.6 is 0 Å². The van der Waals surface area contributed by atoms with Gasteiger partial charge in [0.25, 0.3) is 0 Å². The SMILES string of the molecule is CCC(=O)C(C#N)C1CCCCC1. The van der Waals surface area contributed by atoms with Gasteiger partial charge in [-0.1, -0.05) is 26.2 Å². The summed E-state index contributed by atoms with van der Waals surface area (Å²) in [6, 6.07) is 2.17. The largest absolute Gasteiger partial charge is 0.298 e. The van der Waals surface area contributed by atoms with Crippen molar-refractivity contribution in [2.45, 2.75) is 45.4 Å². The molecular weight excluding hydrogens is 162 g/mol. The van der Waals surface area contributed by atoms with Gasteiger partial charge in [0, 0.05) is 6.42 Å². The van der Waals surface area contributed by atoms with Gasteiger partial charge >= 0.3 is 0 Å². The van der Waals surface area contributed by atoms with Gasteiger partial charge in [0.15, 0.2) is 0 Å². The Morgan fingerprint density at radius 2 is 2.08 bits per heavy atom. The number of hydrogen-bond donors (Lipinski definition) is 0. The molecular formula is C11H17NO. The van der Waals surface area contributed by atoms with Gasteiger partial charge in [0.2, 0.25) is 0 Å². The quantitative estimate of drug-likeness (QED) is 0.668. The van der Waals surface area contributed by atoms with Gasteiger partial charge in [0.1, 0.15) is 11.7 Å². The minimum atomic E-state index is -0.315. The van der Waals surface area contributed by atoms with Crippen molar-refractivity contribution < 1.29 is 4.79 Å². The van der Waals surface area contributed by atoms with Crippen molar-refractivity contribution in [2.24, 2.45) is 11.8 Å². The van der Waals surface area contributed by atoms with Crippen molar-refractivity contribution in [2.75, 3.05) is 0 Å². The Balaban J connectivity index is 2.55. The minimum Gasteiger partial charge on any atom is -0.298 e. The summed E-state index contributed by atoms with van der Waals surface area (Å²) in [5, 5.41) is 8.91. The summed E-state index contributed by atoms with van der Waals surface area (Å²) in [6.07, 6.45) is 6.32. The van der Waals surface area contributed by atoms with Gasteiger partial charge in [-0.05, 0) is 18.8 Å². The highest BCUT2D eigenvalue weighted by Gasteiger charge is 2.27. The lowest BCUT2D eigenvalue weighted by atomic mass is 9.78. The molecule has 13 heavy (non-hydrogen) atoms.